The van der Waals surface area contributed by atoms with Crippen molar-refractivity contribution >= 4 is 17.4 Å². The number of aromatic amines is 1. The van der Waals surface area contributed by atoms with E-state index in [9.17, 15) is 0 Å². The Morgan fingerprint density at radius 1 is 1.08 bits per heavy atom. The van der Waals surface area contributed by atoms with Crippen molar-refractivity contribution in [3.05, 3.63) is 65.6 Å². The molecule has 1 aliphatic rings. The molecule has 0 radical (unpaired) electrons. The van der Waals surface area contributed by atoms with Gasteiger partial charge >= 0.3 is 0 Å². The second kappa shape index (κ2) is 6.86. The Morgan fingerprint density at radius 3 is 2.60 bits per heavy atom. The molecule has 3 aromatic rings. The summed E-state index contributed by atoms with van der Waals surface area (Å²) in [6.45, 7) is 2.90. The van der Waals surface area contributed by atoms with Crippen molar-refractivity contribution < 1.29 is 0 Å². The maximum atomic E-state index is 6.07. The van der Waals surface area contributed by atoms with E-state index in [1.807, 2.05) is 42.9 Å². The van der Waals surface area contributed by atoms with Gasteiger partial charge in [-0.2, -0.15) is 5.10 Å². The topological polar surface area (TPSA) is 48.0 Å². The molecule has 0 aliphatic carbocycles. The summed E-state index contributed by atoms with van der Waals surface area (Å²) in [4.78, 5) is 8.88. The third-order valence-corrected chi connectivity index (χ3v) is 4.99. The number of nitrogens with zero attached hydrogens (tertiary/aromatic N) is 4. The minimum absolute atomic E-state index is 0.247. The highest BCUT2D eigenvalue weighted by atomic mass is 35.5. The van der Waals surface area contributed by atoms with Crippen LogP contribution in [0, 0.1) is 0 Å². The summed E-state index contributed by atoms with van der Waals surface area (Å²) >= 11 is 6.07. The molecule has 6 heteroatoms. The van der Waals surface area contributed by atoms with Crippen LogP contribution >= 0.6 is 11.6 Å². The number of halogens is 1. The number of hydrogen-bond donors (Lipinski definition) is 1. The van der Waals surface area contributed by atoms with Crippen molar-refractivity contribution in [3.8, 4) is 11.1 Å². The van der Waals surface area contributed by atoms with E-state index in [0.29, 0.717) is 0 Å². The van der Waals surface area contributed by atoms with Crippen LogP contribution in [0.15, 0.2) is 55.0 Å². The van der Waals surface area contributed by atoms with Crippen molar-refractivity contribution in [1.29, 1.82) is 0 Å². The third-order valence-electron chi connectivity index (χ3n) is 4.74. The van der Waals surface area contributed by atoms with Gasteiger partial charge in [0.15, 0.2) is 0 Å². The maximum Gasteiger partial charge on any atom is 0.132 e. The molecule has 1 aliphatic heterocycles. The first-order chi connectivity index (χ1) is 12.2. The highest BCUT2D eigenvalue weighted by Crippen LogP contribution is 2.35. The molecule has 3 heterocycles. The molecular weight excluding hydrogens is 334 g/mol. The van der Waals surface area contributed by atoms with Crippen LogP contribution in [0.1, 0.15) is 11.6 Å². The van der Waals surface area contributed by atoms with Gasteiger partial charge in [0.25, 0.3) is 0 Å². The van der Waals surface area contributed by atoms with Gasteiger partial charge in [0.05, 0.1) is 12.2 Å². The van der Waals surface area contributed by atoms with Crippen LogP contribution in [-0.4, -0.2) is 46.8 Å². The molecule has 1 saturated heterocycles. The quantitative estimate of drug-likeness (QED) is 0.781. The fourth-order valence-corrected chi connectivity index (χ4v) is 3.52. The summed E-state index contributed by atoms with van der Waals surface area (Å²) in [5.41, 5.74) is 3.48. The molecular formula is C19H20ClN5. The highest BCUT2D eigenvalue weighted by molar-refractivity contribution is 6.30. The van der Waals surface area contributed by atoms with Gasteiger partial charge in [0.2, 0.25) is 0 Å². The number of piperazine rings is 1. The summed E-state index contributed by atoms with van der Waals surface area (Å²) in [5.74, 6) is 1.05. The molecule has 1 fully saturated rings. The average molecular weight is 354 g/mol. The second-order valence-corrected chi connectivity index (χ2v) is 6.83. The molecule has 4 rings (SSSR count). The Balaban J connectivity index is 1.73. The number of likely N-dealkylation sites (N-methyl/N-ethyl adjacent to an activating group) is 1. The molecule has 0 amide bonds. The highest BCUT2D eigenvalue weighted by Gasteiger charge is 2.29. The lowest BCUT2D eigenvalue weighted by Gasteiger charge is -2.41. The number of pyridine rings is 1. The van der Waals surface area contributed by atoms with Crippen molar-refractivity contribution in [2.45, 2.75) is 6.04 Å². The first-order valence-electron chi connectivity index (χ1n) is 8.37. The largest absolute Gasteiger partial charge is 0.347 e. The molecule has 1 unspecified atom stereocenters. The van der Waals surface area contributed by atoms with E-state index in [0.717, 1.165) is 41.6 Å². The average Bonchev–Trinajstić information content (AvgIpc) is 3.12. The molecule has 128 valence electrons. The SMILES string of the molecule is CN1CCN(c2[nH]ncc2-c2ccncc2)C(c2ccc(Cl)cc2)C1. The minimum Gasteiger partial charge on any atom is -0.347 e. The number of nitrogens with one attached hydrogen (secondary N) is 1. The summed E-state index contributed by atoms with van der Waals surface area (Å²) < 4.78 is 0. The molecule has 1 aromatic carbocycles. The van der Waals surface area contributed by atoms with E-state index < -0.39 is 0 Å². The minimum atomic E-state index is 0.247. The lowest BCUT2D eigenvalue weighted by molar-refractivity contribution is 0.268. The number of aromatic nitrogens is 3. The van der Waals surface area contributed by atoms with Crippen LogP contribution in [0.5, 0.6) is 0 Å². The van der Waals surface area contributed by atoms with E-state index in [-0.39, 0.29) is 6.04 Å². The van der Waals surface area contributed by atoms with Crippen LogP contribution < -0.4 is 4.90 Å². The third kappa shape index (κ3) is 3.25. The molecule has 1 atom stereocenters. The fourth-order valence-electron chi connectivity index (χ4n) is 3.40. The van der Waals surface area contributed by atoms with Crippen molar-refractivity contribution in [2.75, 3.05) is 31.6 Å². The zero-order chi connectivity index (χ0) is 17.2. The number of anilines is 1. The normalized spacial score (nSPS) is 18.5. The Bertz CT molecular complexity index is 831. The number of H-pyrrole nitrogens is 1. The lowest BCUT2D eigenvalue weighted by Crippen LogP contribution is -2.47. The van der Waals surface area contributed by atoms with Crippen LogP contribution in [0.25, 0.3) is 11.1 Å². The van der Waals surface area contributed by atoms with Crippen LogP contribution in [0.3, 0.4) is 0 Å². The van der Waals surface area contributed by atoms with Crippen LogP contribution in [0.4, 0.5) is 5.82 Å². The van der Waals surface area contributed by atoms with E-state index in [1.54, 1.807) is 0 Å². The summed E-state index contributed by atoms with van der Waals surface area (Å²) in [5, 5.41) is 8.29. The van der Waals surface area contributed by atoms with Crippen molar-refractivity contribution in [1.82, 2.24) is 20.1 Å². The second-order valence-electron chi connectivity index (χ2n) is 6.39. The molecule has 25 heavy (non-hydrogen) atoms. The molecule has 2 aromatic heterocycles. The predicted octanol–water partition coefficient (Wildman–Crippen LogP) is 3.62. The van der Waals surface area contributed by atoms with Gasteiger partial charge in [0, 0.05) is 42.6 Å². The van der Waals surface area contributed by atoms with Gasteiger partial charge < -0.3 is 9.80 Å². The first kappa shape index (κ1) is 16.1. The first-order valence-corrected chi connectivity index (χ1v) is 8.74. The Hall–Kier alpha value is -2.37. The van der Waals surface area contributed by atoms with Gasteiger partial charge in [-0.15, -0.1) is 0 Å². The number of hydrogen-bond acceptors (Lipinski definition) is 4. The summed E-state index contributed by atoms with van der Waals surface area (Å²) in [6, 6.07) is 12.4. The number of benzene rings is 1. The lowest BCUT2D eigenvalue weighted by atomic mass is 10.0. The van der Waals surface area contributed by atoms with Crippen LogP contribution in [0.2, 0.25) is 5.02 Å². The van der Waals surface area contributed by atoms with Gasteiger partial charge in [-0.3, -0.25) is 10.1 Å². The standard InChI is InChI=1S/C19H20ClN5/c1-24-10-11-25(18(13-24)15-2-4-16(20)5-3-15)19-17(12-22-23-19)14-6-8-21-9-7-14/h2-9,12,18H,10-11,13H2,1H3,(H,22,23). The molecule has 0 spiro atoms. The van der Waals surface area contributed by atoms with Gasteiger partial charge in [-0.05, 0) is 42.4 Å². The Labute approximate surface area is 152 Å². The van der Waals surface area contributed by atoms with Gasteiger partial charge in [-0.25, -0.2) is 0 Å². The van der Waals surface area contributed by atoms with E-state index in [4.69, 9.17) is 11.6 Å². The van der Waals surface area contributed by atoms with E-state index >= 15 is 0 Å². The van der Waals surface area contributed by atoms with E-state index in [1.165, 1.54) is 5.56 Å². The molecule has 0 bridgehead atoms. The number of rotatable bonds is 3. The molecule has 5 nitrogen and oxygen atoms in total. The van der Waals surface area contributed by atoms with Crippen molar-refractivity contribution in [2.24, 2.45) is 0 Å². The van der Waals surface area contributed by atoms with Gasteiger partial charge in [-0.1, -0.05) is 23.7 Å². The summed E-state index contributed by atoms with van der Waals surface area (Å²) in [6.07, 6.45) is 5.52. The van der Waals surface area contributed by atoms with Gasteiger partial charge in [0.1, 0.15) is 5.82 Å². The fraction of sp³-hybridized carbons (Fsp3) is 0.263. The predicted molar refractivity (Wildman–Crippen MR) is 101 cm³/mol. The van der Waals surface area contributed by atoms with E-state index in [2.05, 4.69) is 44.2 Å². The zero-order valence-electron chi connectivity index (χ0n) is 14.1. The maximum absolute atomic E-state index is 6.07. The van der Waals surface area contributed by atoms with Crippen LogP contribution in [-0.2, 0) is 0 Å². The smallest absolute Gasteiger partial charge is 0.132 e. The zero-order valence-corrected chi connectivity index (χ0v) is 14.8. The molecule has 0 saturated carbocycles. The summed E-state index contributed by atoms with van der Waals surface area (Å²) in [7, 11) is 2.16. The van der Waals surface area contributed by atoms with Crippen molar-refractivity contribution in [3.63, 3.8) is 0 Å². The Morgan fingerprint density at radius 2 is 1.84 bits per heavy atom. The monoisotopic (exact) mass is 353 g/mol. The molecule has 1 N–H and O–H groups in total. The Kier molecular flexibility index (Phi) is 4.42.